The SMILES string of the molecule is CCCCCCCCCCOC(=O)CCCCCCCCCCSP(OCCCCCCCCCC)OC1CCC(C(C)(C)C2CCC(OP(OCCCCCCCCCC)SCCCCCCCCCCC(=O)OCCCCCCCCCC)CC2)CC1. The standard InChI is InChI=1S/C77H150O8P2S2/c1-7-11-15-19-23-33-41-49-65-80-75(78)55-47-39-31-27-29-37-45-53-69-88-86(82-67-51-43-35-25-21-17-13-9-3)84-73-61-57-71(58-62-73)77(5,6)72-59-63-74(64-60-72)85-87(83-68-52-44-36-26-22-18-14-10-4)89-70-54-46-38-30-28-32-40-48-56-76(79)81-66-50-42-34-24-20-16-12-8-2/h71-74H,7-70H2,1-6H3. The molecule has 0 N–H and O–H groups in total. The lowest BCUT2D eigenvalue weighted by Crippen LogP contribution is -2.38. The van der Waals surface area contributed by atoms with E-state index in [-0.39, 0.29) is 11.9 Å². The Kier molecular flexibility index (Phi) is 61.8. The van der Waals surface area contributed by atoms with Crippen LogP contribution in [-0.2, 0) is 37.2 Å². The van der Waals surface area contributed by atoms with Gasteiger partial charge in [-0.2, -0.15) is 0 Å². The van der Waals surface area contributed by atoms with Crippen LogP contribution in [-0.4, -0.2) is 62.1 Å². The van der Waals surface area contributed by atoms with E-state index in [9.17, 15) is 9.59 Å². The van der Waals surface area contributed by atoms with Crippen molar-refractivity contribution < 1.29 is 37.2 Å². The molecule has 2 aliphatic carbocycles. The van der Waals surface area contributed by atoms with Crippen molar-refractivity contribution in [3.05, 3.63) is 0 Å². The lowest BCUT2D eigenvalue weighted by Gasteiger charge is -2.46. The Balaban J connectivity index is 1.71. The predicted octanol–water partition coefficient (Wildman–Crippen LogP) is 27.8. The summed E-state index contributed by atoms with van der Waals surface area (Å²) in [4.78, 5) is 24.4. The van der Waals surface area contributed by atoms with Gasteiger partial charge in [-0.25, -0.2) is 0 Å². The smallest absolute Gasteiger partial charge is 0.305 e. The molecule has 2 unspecified atom stereocenters. The van der Waals surface area contributed by atoms with Gasteiger partial charge in [0.25, 0.3) is 0 Å². The topological polar surface area (TPSA) is 89.5 Å². The van der Waals surface area contributed by atoms with Crippen molar-refractivity contribution >= 4 is 49.9 Å². The molecular weight excluding hydrogens is 1180 g/mol. The summed E-state index contributed by atoms with van der Waals surface area (Å²) >= 11 is 3.97. The fraction of sp³-hybridized carbons (Fsp3) is 0.974. The molecule has 2 fully saturated rings. The zero-order valence-corrected chi connectivity index (χ0v) is 63.5. The normalized spacial score (nSPS) is 18.0. The molecule has 0 bridgehead atoms. The summed E-state index contributed by atoms with van der Waals surface area (Å²) in [6.07, 6.45) is 72.6. The summed E-state index contributed by atoms with van der Waals surface area (Å²) in [5.41, 5.74) is 0.329. The Morgan fingerprint density at radius 2 is 0.551 bits per heavy atom. The van der Waals surface area contributed by atoms with Crippen molar-refractivity contribution in [2.24, 2.45) is 17.3 Å². The first kappa shape index (κ1) is 85.4. The van der Waals surface area contributed by atoms with Gasteiger partial charge in [0.1, 0.15) is 0 Å². The lowest BCUT2D eigenvalue weighted by molar-refractivity contribution is -0.144. The van der Waals surface area contributed by atoms with Gasteiger partial charge >= 0.3 is 11.9 Å². The van der Waals surface area contributed by atoms with E-state index in [4.69, 9.17) is 27.6 Å². The molecule has 2 atom stereocenters. The molecule has 0 spiro atoms. The molecule has 8 nitrogen and oxygen atoms in total. The van der Waals surface area contributed by atoms with Gasteiger partial charge in [0, 0.05) is 24.3 Å². The van der Waals surface area contributed by atoms with E-state index in [1.54, 1.807) is 0 Å². The fourth-order valence-corrected chi connectivity index (χ4v) is 20.0. The Labute approximate surface area is 565 Å². The van der Waals surface area contributed by atoms with Gasteiger partial charge in [0.05, 0.1) is 38.6 Å². The number of hydrogen-bond acceptors (Lipinski definition) is 10. The van der Waals surface area contributed by atoms with Crippen LogP contribution in [0.1, 0.15) is 414 Å². The summed E-state index contributed by atoms with van der Waals surface area (Å²) in [5, 5.41) is 0. The van der Waals surface area contributed by atoms with Crippen LogP contribution in [0, 0.1) is 17.3 Å². The molecule has 0 aromatic heterocycles. The molecule has 89 heavy (non-hydrogen) atoms. The number of hydrogen-bond donors (Lipinski definition) is 0. The molecule has 12 heteroatoms. The first-order chi connectivity index (χ1) is 43.7. The third kappa shape index (κ3) is 52.2. The van der Waals surface area contributed by atoms with Crippen LogP contribution in [0.3, 0.4) is 0 Å². The monoisotopic (exact) mass is 1330 g/mol. The van der Waals surface area contributed by atoms with Gasteiger partial charge in [-0.15, -0.1) is 0 Å². The number of carbonyl (C=O) groups is 2. The maximum Gasteiger partial charge on any atom is 0.305 e. The molecule has 0 heterocycles. The summed E-state index contributed by atoms with van der Waals surface area (Å²) in [5.74, 6) is 3.78. The quantitative estimate of drug-likeness (QED) is 0.0333. The summed E-state index contributed by atoms with van der Waals surface area (Å²) < 4.78 is 38.2. The summed E-state index contributed by atoms with van der Waals surface area (Å²) in [6, 6.07) is 0. The van der Waals surface area contributed by atoms with Gasteiger partial charge in [-0.1, -0.05) is 321 Å². The van der Waals surface area contributed by atoms with Gasteiger partial charge in [0.15, 0.2) is 0 Å². The largest absolute Gasteiger partial charge is 0.466 e. The van der Waals surface area contributed by atoms with Crippen LogP contribution in [0.2, 0.25) is 0 Å². The highest BCUT2D eigenvalue weighted by atomic mass is 32.7. The molecule has 0 radical (unpaired) electrons. The Bertz CT molecular complexity index is 1390. The molecule has 0 aromatic carbocycles. The van der Waals surface area contributed by atoms with Gasteiger partial charge in [0.2, 0.25) is 15.2 Å². The van der Waals surface area contributed by atoms with Gasteiger partial charge < -0.3 is 27.6 Å². The van der Waals surface area contributed by atoms with Crippen LogP contribution in [0.4, 0.5) is 0 Å². The van der Waals surface area contributed by atoms with Gasteiger partial charge in [-0.05, 0) is 120 Å². The summed E-state index contributed by atoms with van der Waals surface area (Å²) in [6.45, 7) is 17.2. The molecule has 2 saturated carbocycles. The molecule has 0 saturated heterocycles. The first-order valence-electron chi connectivity index (χ1n) is 39.5. The number of unbranched alkanes of at least 4 members (excludes halogenated alkanes) is 42. The van der Waals surface area contributed by atoms with E-state index in [0.717, 1.165) is 87.9 Å². The van der Waals surface area contributed by atoms with Crippen molar-refractivity contribution in [3.8, 4) is 0 Å². The van der Waals surface area contributed by atoms with Gasteiger partial charge in [-0.3, -0.25) is 9.59 Å². The average Bonchev–Trinajstić information content (AvgIpc) is 2.00. The highest BCUT2D eigenvalue weighted by Gasteiger charge is 2.41. The second kappa shape index (κ2) is 64.3. The zero-order valence-electron chi connectivity index (χ0n) is 60.0. The van der Waals surface area contributed by atoms with Crippen molar-refractivity contribution in [1.29, 1.82) is 0 Å². The van der Waals surface area contributed by atoms with Crippen molar-refractivity contribution in [2.75, 3.05) is 37.9 Å². The Morgan fingerprint density at radius 1 is 0.315 bits per heavy atom. The average molecular weight is 1330 g/mol. The van der Waals surface area contributed by atoms with Crippen molar-refractivity contribution in [1.82, 2.24) is 0 Å². The molecule has 528 valence electrons. The maximum absolute atomic E-state index is 12.2. The first-order valence-corrected chi connectivity index (χ1v) is 45.0. The van der Waals surface area contributed by atoms with E-state index in [1.165, 1.54) is 308 Å². The van der Waals surface area contributed by atoms with Crippen LogP contribution in [0.25, 0.3) is 0 Å². The van der Waals surface area contributed by atoms with E-state index in [0.29, 0.717) is 43.7 Å². The number of rotatable bonds is 68. The molecule has 0 aromatic rings. The molecule has 0 amide bonds. The van der Waals surface area contributed by atoms with E-state index >= 15 is 0 Å². The minimum Gasteiger partial charge on any atom is -0.466 e. The number of ether oxygens (including phenoxy) is 2. The maximum atomic E-state index is 12.2. The molecule has 2 rings (SSSR count). The van der Waals surface area contributed by atoms with Crippen molar-refractivity contribution in [3.63, 3.8) is 0 Å². The minimum absolute atomic E-state index is 0.00543. The van der Waals surface area contributed by atoms with Crippen LogP contribution in [0.5, 0.6) is 0 Å². The van der Waals surface area contributed by atoms with E-state index in [1.807, 2.05) is 22.8 Å². The Morgan fingerprint density at radius 3 is 0.831 bits per heavy atom. The van der Waals surface area contributed by atoms with Crippen LogP contribution >= 0.6 is 37.9 Å². The second-order valence-electron chi connectivity index (χ2n) is 28.3. The number of carbonyl (C=O) groups excluding carboxylic acids is 2. The van der Waals surface area contributed by atoms with E-state index in [2.05, 4.69) is 41.5 Å². The Hall–Kier alpha value is 0.340. The fourth-order valence-electron chi connectivity index (χ4n) is 13.5. The zero-order chi connectivity index (χ0) is 64.0. The summed E-state index contributed by atoms with van der Waals surface area (Å²) in [7, 11) is -1.83. The van der Waals surface area contributed by atoms with Crippen LogP contribution in [0.15, 0.2) is 0 Å². The second-order valence-corrected chi connectivity index (χ2v) is 34.8. The number of esters is 2. The molecule has 0 aliphatic heterocycles. The molecule has 2 aliphatic rings. The minimum atomic E-state index is -0.917. The third-order valence-corrected chi connectivity index (χ3v) is 26.4. The predicted molar refractivity (Wildman–Crippen MR) is 394 cm³/mol. The van der Waals surface area contributed by atoms with Crippen molar-refractivity contribution in [2.45, 2.75) is 426 Å². The van der Waals surface area contributed by atoms with Crippen LogP contribution < -0.4 is 0 Å². The highest BCUT2D eigenvalue weighted by molar-refractivity contribution is 8.53. The lowest BCUT2D eigenvalue weighted by atomic mass is 9.60. The highest BCUT2D eigenvalue weighted by Crippen LogP contribution is 2.58. The molecular formula is C77H150O8P2S2. The van der Waals surface area contributed by atoms with E-state index < -0.39 is 15.2 Å². The third-order valence-electron chi connectivity index (χ3n) is 19.8.